The van der Waals surface area contributed by atoms with Crippen LogP contribution in [0.25, 0.3) is 0 Å². The summed E-state index contributed by atoms with van der Waals surface area (Å²) in [6.07, 6.45) is 1.19. The molecule has 2 aromatic carbocycles. The Morgan fingerprint density at radius 3 is 2.58 bits per heavy atom. The fourth-order valence-electron chi connectivity index (χ4n) is 2.01. The molecule has 0 saturated carbocycles. The quantitative estimate of drug-likeness (QED) is 0.486. The molecule has 0 aliphatic carbocycles. The molecular formula is C18H19N3O3. The molecular weight excluding hydrogens is 306 g/mol. The number of carbonyl (C=O) groups is 2. The molecule has 0 heterocycles. The lowest BCUT2D eigenvalue weighted by atomic mass is 10.1. The van der Waals surface area contributed by atoms with Crippen LogP contribution in [0.2, 0.25) is 0 Å². The molecule has 2 amide bonds. The van der Waals surface area contributed by atoms with Crippen molar-refractivity contribution in [2.75, 3.05) is 12.4 Å². The van der Waals surface area contributed by atoms with E-state index in [-0.39, 0.29) is 6.42 Å². The molecule has 0 radical (unpaired) electrons. The molecule has 124 valence electrons. The van der Waals surface area contributed by atoms with Crippen LogP contribution >= 0.6 is 0 Å². The van der Waals surface area contributed by atoms with Crippen LogP contribution in [0.15, 0.2) is 53.6 Å². The third kappa shape index (κ3) is 5.24. The molecule has 6 heteroatoms. The highest BCUT2D eigenvalue weighted by Crippen LogP contribution is 2.17. The highest BCUT2D eigenvalue weighted by atomic mass is 16.5. The van der Waals surface area contributed by atoms with Crippen molar-refractivity contribution in [2.24, 2.45) is 5.10 Å². The predicted molar refractivity (Wildman–Crippen MR) is 93.2 cm³/mol. The number of para-hydroxylation sites is 1. The molecule has 0 aliphatic heterocycles. The zero-order valence-corrected chi connectivity index (χ0v) is 13.6. The summed E-state index contributed by atoms with van der Waals surface area (Å²) in [5.41, 5.74) is 4.77. The van der Waals surface area contributed by atoms with E-state index in [4.69, 9.17) is 4.74 Å². The summed E-state index contributed by atoms with van der Waals surface area (Å²) in [6, 6.07) is 14.5. The van der Waals surface area contributed by atoms with Crippen molar-refractivity contribution in [3.8, 4) is 5.75 Å². The second kappa shape index (κ2) is 8.47. The first-order valence-corrected chi connectivity index (χ1v) is 7.40. The molecule has 0 bridgehead atoms. The molecule has 2 aromatic rings. The lowest BCUT2D eigenvalue weighted by Gasteiger charge is -2.05. The summed E-state index contributed by atoms with van der Waals surface area (Å²) in [7, 11) is 1.59. The van der Waals surface area contributed by atoms with E-state index in [0.717, 1.165) is 16.9 Å². The summed E-state index contributed by atoms with van der Waals surface area (Å²) in [5.74, 6) is -0.142. The van der Waals surface area contributed by atoms with Gasteiger partial charge in [0, 0.05) is 5.69 Å². The fourth-order valence-corrected chi connectivity index (χ4v) is 2.01. The first kappa shape index (κ1) is 17.2. The van der Waals surface area contributed by atoms with Crippen molar-refractivity contribution in [3.63, 3.8) is 0 Å². The minimum absolute atomic E-state index is 0.302. The van der Waals surface area contributed by atoms with Crippen LogP contribution in [0.1, 0.15) is 17.5 Å². The van der Waals surface area contributed by atoms with Gasteiger partial charge < -0.3 is 10.1 Å². The van der Waals surface area contributed by atoms with Gasteiger partial charge in [-0.05, 0) is 36.2 Å². The summed E-state index contributed by atoms with van der Waals surface area (Å²) in [6.45, 7) is 1.94. The second-order valence-corrected chi connectivity index (χ2v) is 5.11. The maximum Gasteiger partial charge on any atom is 0.249 e. The summed E-state index contributed by atoms with van der Waals surface area (Å²) in [4.78, 5) is 23.4. The molecule has 2 rings (SSSR count). The van der Waals surface area contributed by atoms with Crippen molar-refractivity contribution in [3.05, 3.63) is 59.7 Å². The van der Waals surface area contributed by atoms with Gasteiger partial charge in [-0.1, -0.05) is 30.3 Å². The van der Waals surface area contributed by atoms with Gasteiger partial charge in [0.25, 0.3) is 0 Å². The van der Waals surface area contributed by atoms with Gasteiger partial charge in [-0.15, -0.1) is 0 Å². The van der Waals surface area contributed by atoms with Crippen LogP contribution in [0, 0.1) is 6.92 Å². The van der Waals surface area contributed by atoms with Crippen molar-refractivity contribution < 1.29 is 14.3 Å². The zero-order valence-electron chi connectivity index (χ0n) is 13.6. The largest absolute Gasteiger partial charge is 0.496 e. The van der Waals surface area contributed by atoms with Gasteiger partial charge in [0.05, 0.1) is 13.3 Å². The number of nitrogens with zero attached hydrogens (tertiary/aromatic N) is 1. The van der Waals surface area contributed by atoms with Crippen LogP contribution < -0.4 is 15.5 Å². The SMILES string of the molecule is COc1cc(C=NNC(=O)CC(=O)Nc2ccccc2)ccc1C. The van der Waals surface area contributed by atoms with E-state index >= 15 is 0 Å². The lowest BCUT2D eigenvalue weighted by molar-refractivity contribution is -0.126. The van der Waals surface area contributed by atoms with Crippen molar-refractivity contribution >= 4 is 23.7 Å². The number of rotatable bonds is 6. The van der Waals surface area contributed by atoms with E-state index in [9.17, 15) is 9.59 Å². The van der Waals surface area contributed by atoms with E-state index in [1.807, 2.05) is 31.2 Å². The van der Waals surface area contributed by atoms with Crippen LogP contribution in [0.3, 0.4) is 0 Å². The van der Waals surface area contributed by atoms with E-state index in [0.29, 0.717) is 5.69 Å². The third-order valence-corrected chi connectivity index (χ3v) is 3.21. The number of aryl methyl sites for hydroxylation is 1. The monoisotopic (exact) mass is 325 g/mol. The van der Waals surface area contributed by atoms with Crippen LogP contribution in [-0.2, 0) is 9.59 Å². The normalized spacial score (nSPS) is 10.4. The van der Waals surface area contributed by atoms with Gasteiger partial charge in [0.15, 0.2) is 0 Å². The number of carbonyl (C=O) groups excluding carboxylic acids is 2. The van der Waals surface area contributed by atoms with Gasteiger partial charge in [0.2, 0.25) is 11.8 Å². The Kier molecular flexibility index (Phi) is 6.08. The molecule has 0 spiro atoms. The van der Waals surface area contributed by atoms with Crippen LogP contribution in [-0.4, -0.2) is 25.1 Å². The molecule has 2 N–H and O–H groups in total. The van der Waals surface area contributed by atoms with E-state index in [1.165, 1.54) is 6.21 Å². The number of hydrazone groups is 1. The number of methoxy groups -OCH3 is 1. The second-order valence-electron chi connectivity index (χ2n) is 5.11. The van der Waals surface area contributed by atoms with Crippen LogP contribution in [0.5, 0.6) is 5.75 Å². The number of anilines is 1. The van der Waals surface area contributed by atoms with Gasteiger partial charge in [-0.25, -0.2) is 5.43 Å². The molecule has 0 aromatic heterocycles. The minimum Gasteiger partial charge on any atom is -0.496 e. The molecule has 0 aliphatic rings. The number of amides is 2. The number of hydrogen-bond donors (Lipinski definition) is 2. The maximum atomic E-state index is 11.7. The average Bonchev–Trinajstić information content (AvgIpc) is 2.57. The summed E-state index contributed by atoms with van der Waals surface area (Å²) in [5, 5.41) is 6.48. The minimum atomic E-state index is -0.487. The Morgan fingerprint density at radius 1 is 1.12 bits per heavy atom. The first-order valence-electron chi connectivity index (χ1n) is 7.40. The molecule has 6 nitrogen and oxygen atoms in total. The zero-order chi connectivity index (χ0) is 17.4. The molecule has 24 heavy (non-hydrogen) atoms. The Morgan fingerprint density at radius 2 is 1.88 bits per heavy atom. The average molecular weight is 325 g/mol. The number of benzene rings is 2. The summed E-state index contributed by atoms with van der Waals surface area (Å²) >= 11 is 0. The van der Waals surface area contributed by atoms with Gasteiger partial charge in [-0.2, -0.15) is 5.10 Å². The van der Waals surface area contributed by atoms with Gasteiger partial charge in [-0.3, -0.25) is 9.59 Å². The fraction of sp³-hybridized carbons (Fsp3) is 0.167. The highest BCUT2D eigenvalue weighted by molar-refractivity contribution is 6.03. The van der Waals surface area contributed by atoms with Gasteiger partial charge in [0.1, 0.15) is 12.2 Å². The van der Waals surface area contributed by atoms with Gasteiger partial charge >= 0.3 is 0 Å². The summed E-state index contributed by atoms with van der Waals surface area (Å²) < 4.78 is 5.22. The van der Waals surface area contributed by atoms with Crippen molar-refractivity contribution in [1.82, 2.24) is 5.43 Å². The topological polar surface area (TPSA) is 79.8 Å². The Hall–Kier alpha value is -3.15. The third-order valence-electron chi connectivity index (χ3n) is 3.21. The lowest BCUT2D eigenvalue weighted by Crippen LogP contribution is -2.24. The molecule has 0 unspecified atom stereocenters. The van der Waals surface area contributed by atoms with Crippen molar-refractivity contribution in [1.29, 1.82) is 0 Å². The van der Waals surface area contributed by atoms with E-state index in [1.54, 1.807) is 31.4 Å². The van der Waals surface area contributed by atoms with Crippen LogP contribution in [0.4, 0.5) is 5.69 Å². The molecule has 0 atom stereocenters. The Bertz CT molecular complexity index is 742. The predicted octanol–water partition coefficient (Wildman–Crippen LogP) is 2.48. The Balaban J connectivity index is 1.83. The number of nitrogens with one attached hydrogen (secondary N) is 2. The highest BCUT2D eigenvalue weighted by Gasteiger charge is 2.08. The van der Waals surface area contributed by atoms with E-state index < -0.39 is 11.8 Å². The smallest absolute Gasteiger partial charge is 0.249 e. The number of ether oxygens (including phenoxy) is 1. The standard InChI is InChI=1S/C18H19N3O3/c1-13-8-9-14(10-16(13)24-2)12-19-21-18(23)11-17(22)20-15-6-4-3-5-7-15/h3-10,12H,11H2,1-2H3,(H,20,22)(H,21,23). The van der Waals surface area contributed by atoms with Crippen molar-refractivity contribution in [2.45, 2.75) is 13.3 Å². The Labute approximate surface area is 140 Å². The number of hydrogen-bond acceptors (Lipinski definition) is 4. The maximum absolute atomic E-state index is 11.7. The molecule has 0 fully saturated rings. The first-order chi connectivity index (χ1) is 11.6. The van der Waals surface area contributed by atoms with E-state index in [2.05, 4.69) is 15.8 Å². The molecule has 0 saturated heterocycles.